The highest BCUT2D eigenvalue weighted by Crippen LogP contribution is 2.52. The number of fused-ring (bicyclic) bond motifs is 3. The van der Waals surface area contributed by atoms with E-state index < -0.39 is 0 Å². The van der Waals surface area contributed by atoms with Crippen molar-refractivity contribution in [2.45, 2.75) is 97.3 Å². The van der Waals surface area contributed by atoms with Gasteiger partial charge in [-0.3, -0.25) is 4.98 Å². The molecule has 0 radical (unpaired) electrons. The molecule has 0 saturated carbocycles. The van der Waals surface area contributed by atoms with Crippen molar-refractivity contribution in [2.75, 3.05) is 0 Å². The molecule has 0 aliphatic heterocycles. The summed E-state index contributed by atoms with van der Waals surface area (Å²) in [5, 5.41) is 0. The summed E-state index contributed by atoms with van der Waals surface area (Å²) in [6.07, 6.45) is 11.0. The molecule has 0 spiro atoms. The molecular weight excluding hydrogens is 476 g/mol. The van der Waals surface area contributed by atoms with Crippen LogP contribution in [0.25, 0.3) is 33.8 Å². The lowest BCUT2D eigenvalue weighted by Gasteiger charge is -2.28. The number of hydrogen-bond donors (Lipinski definition) is 0. The summed E-state index contributed by atoms with van der Waals surface area (Å²) in [7, 11) is 0. The first-order valence-electron chi connectivity index (χ1n) is 14.6. The lowest BCUT2D eigenvalue weighted by Crippen LogP contribution is -2.20. The van der Waals surface area contributed by atoms with Gasteiger partial charge in [0, 0.05) is 28.2 Å². The van der Waals surface area contributed by atoms with E-state index in [0.717, 1.165) is 28.5 Å². The van der Waals surface area contributed by atoms with Gasteiger partial charge in [-0.25, -0.2) is 15.0 Å². The molecule has 4 aromatic rings. The number of rotatable bonds is 9. The smallest absolute Gasteiger partial charge is 0.164 e. The van der Waals surface area contributed by atoms with Gasteiger partial charge in [0.15, 0.2) is 5.82 Å². The number of hydrogen-bond acceptors (Lipinski definition) is 4. The lowest BCUT2D eigenvalue weighted by molar-refractivity contribution is 0.481. The van der Waals surface area contributed by atoms with E-state index in [1.54, 1.807) is 0 Å². The first-order chi connectivity index (χ1) is 18.7. The minimum absolute atomic E-state index is 0.0262. The van der Waals surface area contributed by atoms with Gasteiger partial charge in [-0.15, -0.1) is 0 Å². The molecule has 0 amide bonds. The van der Waals surface area contributed by atoms with Crippen LogP contribution in [-0.2, 0) is 10.8 Å². The van der Waals surface area contributed by atoms with E-state index in [9.17, 15) is 0 Å². The number of unbranched alkanes of at least 4 members (excludes halogenated alkanes) is 5. The van der Waals surface area contributed by atoms with Crippen molar-refractivity contribution in [3.8, 4) is 33.8 Å². The largest absolute Gasteiger partial charge is 0.255 e. The normalized spacial score (nSPS) is 16.3. The van der Waals surface area contributed by atoms with E-state index in [4.69, 9.17) is 9.97 Å². The molecule has 4 heteroatoms. The third kappa shape index (κ3) is 5.52. The molecule has 202 valence electrons. The van der Waals surface area contributed by atoms with Gasteiger partial charge in [-0.05, 0) is 53.8 Å². The zero-order valence-electron chi connectivity index (χ0n) is 24.5. The van der Waals surface area contributed by atoms with Crippen molar-refractivity contribution in [1.29, 1.82) is 0 Å². The minimum atomic E-state index is -0.139. The van der Waals surface area contributed by atoms with Crippen molar-refractivity contribution in [3.63, 3.8) is 0 Å². The Kier molecular flexibility index (Phi) is 7.66. The van der Waals surface area contributed by atoms with Crippen LogP contribution in [-0.4, -0.2) is 19.9 Å². The number of benzene rings is 2. The van der Waals surface area contributed by atoms with Crippen LogP contribution in [0.15, 0.2) is 60.8 Å². The second-order valence-electron chi connectivity index (χ2n) is 12.4. The predicted molar refractivity (Wildman–Crippen MR) is 162 cm³/mol. The van der Waals surface area contributed by atoms with Crippen LogP contribution in [0.5, 0.6) is 0 Å². The fourth-order valence-electron chi connectivity index (χ4n) is 5.91. The molecule has 1 aliphatic carbocycles. The molecule has 0 saturated heterocycles. The van der Waals surface area contributed by atoms with Crippen LogP contribution in [0.3, 0.4) is 0 Å². The van der Waals surface area contributed by atoms with Crippen LogP contribution in [0.4, 0.5) is 0 Å². The van der Waals surface area contributed by atoms with Crippen LogP contribution in [0.1, 0.15) is 102 Å². The van der Waals surface area contributed by atoms with Gasteiger partial charge >= 0.3 is 0 Å². The molecule has 0 N–H and O–H groups in total. The molecule has 4 nitrogen and oxygen atoms in total. The molecule has 2 aromatic carbocycles. The Balaban J connectivity index is 1.43. The number of nitrogens with zero attached hydrogens (tertiary/aromatic N) is 4. The highest BCUT2D eigenvalue weighted by molar-refractivity contribution is 5.83. The van der Waals surface area contributed by atoms with Crippen LogP contribution >= 0.6 is 0 Å². The van der Waals surface area contributed by atoms with E-state index in [1.807, 2.05) is 13.1 Å². The minimum Gasteiger partial charge on any atom is -0.255 e. The highest BCUT2D eigenvalue weighted by Gasteiger charge is 2.38. The van der Waals surface area contributed by atoms with Crippen LogP contribution in [0, 0.1) is 6.92 Å². The van der Waals surface area contributed by atoms with Crippen molar-refractivity contribution >= 4 is 0 Å². The summed E-state index contributed by atoms with van der Waals surface area (Å²) in [6.45, 7) is 13.0. The van der Waals surface area contributed by atoms with Crippen molar-refractivity contribution in [3.05, 3.63) is 83.6 Å². The van der Waals surface area contributed by atoms with E-state index in [-0.39, 0.29) is 10.8 Å². The third-order valence-corrected chi connectivity index (χ3v) is 8.19. The topological polar surface area (TPSA) is 51.6 Å². The fourth-order valence-corrected chi connectivity index (χ4v) is 5.91. The van der Waals surface area contributed by atoms with Gasteiger partial charge in [-0.2, -0.15) is 0 Å². The zero-order chi connectivity index (χ0) is 27.6. The first kappa shape index (κ1) is 27.2. The summed E-state index contributed by atoms with van der Waals surface area (Å²) in [5.41, 5.74) is 8.59. The lowest BCUT2D eigenvalue weighted by atomic mass is 9.75. The SMILES string of the molecule is CCCCCCCCC1(C)c2ccccc2-c2ccc(-c3ccc(-c4nc(C)nc(C(C)(C)C)n4)cn3)cc21. The van der Waals surface area contributed by atoms with Gasteiger partial charge in [-0.1, -0.05) is 110 Å². The second kappa shape index (κ2) is 11.0. The highest BCUT2D eigenvalue weighted by atomic mass is 15.0. The quantitative estimate of drug-likeness (QED) is 0.207. The summed E-state index contributed by atoms with van der Waals surface area (Å²) < 4.78 is 0. The van der Waals surface area contributed by atoms with Crippen molar-refractivity contribution in [1.82, 2.24) is 19.9 Å². The third-order valence-electron chi connectivity index (χ3n) is 8.19. The molecule has 5 rings (SSSR count). The summed E-state index contributed by atoms with van der Waals surface area (Å²) >= 11 is 0. The molecule has 0 bridgehead atoms. The van der Waals surface area contributed by atoms with Gasteiger partial charge in [0.05, 0.1) is 5.69 Å². The monoisotopic (exact) mass is 518 g/mol. The standard InChI is InChI=1S/C35H42N4/c1-7-8-9-10-11-14-21-35(6)29-16-13-12-15-27(29)28-19-17-25(22-30(28)35)31-20-18-26(23-36-31)32-37-24(2)38-33(39-32)34(3,4)5/h12-13,15-20,22-23H,7-11,14,21H2,1-6H3. The first-order valence-corrected chi connectivity index (χ1v) is 14.6. The van der Waals surface area contributed by atoms with E-state index in [2.05, 4.69) is 99.2 Å². The molecule has 1 atom stereocenters. The zero-order valence-corrected chi connectivity index (χ0v) is 24.5. The Morgan fingerprint density at radius 3 is 2.21 bits per heavy atom. The molecular formula is C35H42N4. The summed E-state index contributed by atoms with van der Waals surface area (Å²) in [4.78, 5) is 18.8. The number of pyridine rings is 1. The van der Waals surface area contributed by atoms with E-state index in [1.165, 1.54) is 67.2 Å². The van der Waals surface area contributed by atoms with E-state index in [0.29, 0.717) is 5.82 Å². The molecule has 39 heavy (non-hydrogen) atoms. The van der Waals surface area contributed by atoms with Crippen molar-refractivity contribution < 1.29 is 0 Å². The maximum Gasteiger partial charge on any atom is 0.164 e. The average Bonchev–Trinajstić information content (AvgIpc) is 3.18. The van der Waals surface area contributed by atoms with Crippen LogP contribution in [0.2, 0.25) is 0 Å². The fraction of sp³-hybridized carbons (Fsp3) is 0.429. The van der Waals surface area contributed by atoms with Gasteiger partial charge < -0.3 is 0 Å². The molecule has 2 aromatic heterocycles. The Bertz CT molecular complexity index is 1450. The van der Waals surface area contributed by atoms with Gasteiger partial charge in [0.25, 0.3) is 0 Å². The van der Waals surface area contributed by atoms with Crippen LogP contribution < -0.4 is 0 Å². The Morgan fingerprint density at radius 2 is 1.46 bits per heavy atom. The average molecular weight is 519 g/mol. The summed E-state index contributed by atoms with van der Waals surface area (Å²) in [5.74, 6) is 2.22. The Hall–Kier alpha value is -3.40. The van der Waals surface area contributed by atoms with Gasteiger partial charge in [0.2, 0.25) is 0 Å². The molecule has 1 aliphatic rings. The number of aryl methyl sites for hydroxylation is 1. The van der Waals surface area contributed by atoms with E-state index >= 15 is 0 Å². The summed E-state index contributed by atoms with van der Waals surface area (Å²) in [6, 6.07) is 20.1. The maximum absolute atomic E-state index is 4.87. The predicted octanol–water partition coefficient (Wildman–Crippen LogP) is 9.24. The van der Waals surface area contributed by atoms with Crippen molar-refractivity contribution in [2.24, 2.45) is 0 Å². The Morgan fingerprint density at radius 1 is 0.744 bits per heavy atom. The number of aromatic nitrogens is 4. The molecule has 1 unspecified atom stereocenters. The maximum atomic E-state index is 4.87. The molecule has 0 fully saturated rings. The second-order valence-corrected chi connectivity index (χ2v) is 12.4. The van der Waals surface area contributed by atoms with Gasteiger partial charge in [0.1, 0.15) is 11.6 Å². The Labute approximate surface area is 234 Å². The molecule has 2 heterocycles.